The zero-order valence-electron chi connectivity index (χ0n) is 2.73. The van der Waals surface area contributed by atoms with Crippen LogP contribution in [0.5, 0.6) is 0 Å². The molecule has 0 saturated carbocycles. The van der Waals surface area contributed by atoms with E-state index in [0.29, 0.717) is 0 Å². The van der Waals surface area contributed by atoms with Crippen LogP contribution in [0, 0.1) is 39.9 Å². The Hall–Kier alpha value is 2.84. The van der Waals surface area contributed by atoms with Crippen LogP contribution in [0.15, 0.2) is 0 Å². The Bertz CT molecular complexity index is 10.8. The van der Waals surface area contributed by atoms with Crippen molar-refractivity contribution in [1.82, 2.24) is 0 Å². The van der Waals surface area contributed by atoms with Crippen molar-refractivity contribution in [3.8, 4) is 0 Å². The number of hydrogen-bond acceptors (Lipinski definition) is 0. The van der Waals surface area contributed by atoms with Crippen molar-refractivity contribution >= 4 is 17.4 Å². The Balaban J connectivity index is 0. The van der Waals surface area contributed by atoms with Gasteiger partial charge in [0.1, 0.15) is 0 Å². The summed E-state index contributed by atoms with van der Waals surface area (Å²) in [6.07, 6.45) is 0. The third-order valence-electron chi connectivity index (χ3n) is 0. The normalized spacial score (nSPS) is 0. The second-order valence-corrected chi connectivity index (χ2v) is 0. The first kappa shape index (κ1) is 67.3. The first-order valence-electron chi connectivity index (χ1n) is 0. The molecule has 0 saturated heterocycles. The molecule has 0 spiro atoms. The van der Waals surface area contributed by atoms with E-state index in [-0.39, 0.29) is 106 Å². The van der Waals surface area contributed by atoms with Gasteiger partial charge >= 0.3 is 50.1 Å². The fraction of sp³-hybridized carbons (Fsp3) is 0. The van der Waals surface area contributed by atoms with Crippen LogP contribution >= 0.6 is 0 Å². The minimum absolute atomic E-state index is 0. The quantitative estimate of drug-likeness (QED) is 0.527. The molecule has 0 atom stereocenters. The van der Waals surface area contributed by atoms with Crippen molar-refractivity contribution in [2.75, 3.05) is 0 Å². The number of rotatable bonds is 0. The average molecular weight is 321 g/mol. The van der Waals surface area contributed by atoms with Crippen LogP contribution in [0.1, 0.15) is 0 Å². The maximum absolute atomic E-state index is 0. The van der Waals surface area contributed by atoms with Gasteiger partial charge in [-0.1, -0.05) is 0 Å². The smallest absolute Gasteiger partial charge is 2.00 e. The van der Waals surface area contributed by atoms with Gasteiger partial charge in [-0.2, -0.15) is 0 Å². The molecule has 0 aliphatic heterocycles. The van der Waals surface area contributed by atoms with Gasteiger partial charge in [0.2, 0.25) is 0 Å². The maximum atomic E-state index is 0. The maximum Gasteiger partial charge on any atom is 3.00 e. The van der Waals surface area contributed by atoms with Gasteiger partial charge in [0.25, 0.3) is 0 Å². The first-order chi connectivity index (χ1) is 0. The van der Waals surface area contributed by atoms with Gasteiger partial charge in [-0.05, 0) is 0 Å². The van der Waals surface area contributed by atoms with Crippen molar-refractivity contribution in [3.63, 3.8) is 0 Å². The van der Waals surface area contributed by atoms with Crippen LogP contribution in [0.25, 0.3) is 0 Å². The van der Waals surface area contributed by atoms with E-state index >= 15 is 0 Å². The summed E-state index contributed by atoms with van der Waals surface area (Å²) in [6.45, 7) is 0. The van der Waals surface area contributed by atoms with Gasteiger partial charge in [0.15, 0.2) is 0 Å². The molecular formula is AlGdO3Y. The topological polar surface area (TPSA) is 85.5 Å². The standard InChI is InChI=1S/Al.Gd.3O.Y/q+3;;3*-2;+3. The van der Waals surface area contributed by atoms with E-state index in [0.717, 1.165) is 0 Å². The second kappa shape index (κ2) is 45.5. The fourth-order valence-corrected chi connectivity index (χ4v) is 0. The van der Waals surface area contributed by atoms with Gasteiger partial charge in [0, 0.05) is 39.9 Å². The molecule has 0 radical (unpaired) electrons. The minimum Gasteiger partial charge on any atom is -2.00 e. The zero-order chi connectivity index (χ0) is 0. The monoisotopic (exact) mass is 322 g/mol. The Morgan fingerprint density at radius 3 is 0.667 bits per heavy atom. The van der Waals surface area contributed by atoms with Gasteiger partial charge in [0.05, 0.1) is 0 Å². The Morgan fingerprint density at radius 1 is 0.667 bits per heavy atom. The zero-order valence-corrected chi connectivity index (χ0v) is 8.99. The molecule has 0 amide bonds. The van der Waals surface area contributed by atoms with Crippen LogP contribution in [0.3, 0.4) is 0 Å². The van der Waals surface area contributed by atoms with E-state index in [1.54, 1.807) is 0 Å². The predicted octanol–water partition coefficient (Wildman–Crippen LogP) is -0.740. The summed E-state index contributed by atoms with van der Waals surface area (Å²) >= 11 is 0. The molecule has 3 nitrogen and oxygen atoms in total. The van der Waals surface area contributed by atoms with Crippen molar-refractivity contribution < 1.29 is 89.1 Å². The van der Waals surface area contributed by atoms with Gasteiger partial charge < -0.3 is 16.4 Å². The molecule has 0 N–H and O–H groups in total. The van der Waals surface area contributed by atoms with E-state index in [2.05, 4.69) is 0 Å². The molecule has 0 rings (SSSR count). The third-order valence-corrected chi connectivity index (χ3v) is 0. The van der Waals surface area contributed by atoms with Crippen LogP contribution in [0.2, 0.25) is 0 Å². The van der Waals surface area contributed by atoms with Gasteiger partial charge in [-0.3, -0.25) is 0 Å². The SMILES string of the molecule is [Al+3].[Gd].[O-2].[O-2].[O-2].[Y+3]. The molecule has 0 unspecified atom stereocenters. The summed E-state index contributed by atoms with van der Waals surface area (Å²) in [5.74, 6) is 0. The molecule has 0 heterocycles. The van der Waals surface area contributed by atoms with E-state index in [9.17, 15) is 0 Å². The van der Waals surface area contributed by atoms with Crippen LogP contribution in [0.4, 0.5) is 0 Å². The number of hydrogen-bond donors (Lipinski definition) is 0. The molecule has 32 valence electrons. The summed E-state index contributed by atoms with van der Waals surface area (Å²) < 4.78 is 0. The summed E-state index contributed by atoms with van der Waals surface area (Å²) in [6, 6.07) is 0. The van der Waals surface area contributed by atoms with Crippen LogP contribution < -0.4 is 0 Å². The molecule has 0 aliphatic rings. The summed E-state index contributed by atoms with van der Waals surface area (Å²) in [7, 11) is 0. The van der Waals surface area contributed by atoms with E-state index in [1.165, 1.54) is 0 Å². The molecule has 0 aliphatic carbocycles. The summed E-state index contributed by atoms with van der Waals surface area (Å²) in [5, 5.41) is 0. The first-order valence-corrected chi connectivity index (χ1v) is 0. The predicted molar refractivity (Wildman–Crippen MR) is 7.81 cm³/mol. The molecule has 0 aromatic carbocycles. The van der Waals surface area contributed by atoms with E-state index in [1.807, 2.05) is 0 Å². The molecule has 6 heteroatoms. The second-order valence-electron chi connectivity index (χ2n) is 0. The molecule has 0 fully saturated rings. The molecule has 0 aromatic heterocycles. The Morgan fingerprint density at radius 2 is 0.667 bits per heavy atom. The van der Waals surface area contributed by atoms with Crippen molar-refractivity contribution in [2.45, 2.75) is 0 Å². The van der Waals surface area contributed by atoms with Crippen molar-refractivity contribution in [2.24, 2.45) is 0 Å². The van der Waals surface area contributed by atoms with E-state index < -0.39 is 0 Å². The molecule has 0 aromatic rings. The largest absolute Gasteiger partial charge is 3.00 e. The van der Waals surface area contributed by atoms with Crippen LogP contribution in [-0.2, 0) is 49.1 Å². The van der Waals surface area contributed by atoms with E-state index in [4.69, 9.17) is 0 Å². The Kier molecular flexibility index (Phi) is 510. The summed E-state index contributed by atoms with van der Waals surface area (Å²) in [5.41, 5.74) is 0. The molecule has 0 bridgehead atoms. The molecular weight excluding hydrogens is 321 g/mol. The van der Waals surface area contributed by atoms with Crippen molar-refractivity contribution in [1.29, 1.82) is 0 Å². The average Bonchev–Trinajstić information content (AvgIpc) is 0. The summed E-state index contributed by atoms with van der Waals surface area (Å²) in [4.78, 5) is 0. The van der Waals surface area contributed by atoms with Crippen LogP contribution in [-0.4, -0.2) is 17.4 Å². The fourth-order valence-electron chi connectivity index (χ4n) is 0. The Labute approximate surface area is 104 Å². The third kappa shape index (κ3) is 28.9. The van der Waals surface area contributed by atoms with Gasteiger partial charge in [-0.15, -0.1) is 0 Å². The molecule has 6 heavy (non-hydrogen) atoms. The van der Waals surface area contributed by atoms with Gasteiger partial charge in [-0.25, -0.2) is 0 Å². The minimum atomic E-state index is 0. The van der Waals surface area contributed by atoms with Crippen molar-refractivity contribution in [3.05, 3.63) is 0 Å².